The summed E-state index contributed by atoms with van der Waals surface area (Å²) in [5.41, 5.74) is 1.24. The van der Waals surface area contributed by atoms with Gasteiger partial charge < -0.3 is 14.8 Å². The number of nitrogens with zero attached hydrogens (tertiary/aromatic N) is 1. The van der Waals surface area contributed by atoms with E-state index in [0.29, 0.717) is 30.9 Å². The molecule has 1 heterocycles. The summed E-state index contributed by atoms with van der Waals surface area (Å²) >= 11 is 0. The monoisotopic (exact) mass is 488 g/mol. The minimum Gasteiger partial charge on any atom is -0.494 e. The first kappa shape index (κ1) is 25.9. The van der Waals surface area contributed by atoms with E-state index in [1.165, 1.54) is 10.6 Å². The van der Waals surface area contributed by atoms with Gasteiger partial charge in [0.25, 0.3) is 0 Å². The van der Waals surface area contributed by atoms with Gasteiger partial charge in [-0.25, -0.2) is 8.42 Å². The molecule has 0 radical (unpaired) electrons. The molecule has 1 unspecified atom stereocenters. The highest BCUT2D eigenvalue weighted by atomic mass is 32.2. The molecule has 2 aromatic rings. The first-order valence-corrected chi connectivity index (χ1v) is 13.8. The van der Waals surface area contributed by atoms with Crippen LogP contribution in [0.1, 0.15) is 64.5 Å². The van der Waals surface area contributed by atoms with E-state index in [0.717, 1.165) is 24.2 Å². The van der Waals surface area contributed by atoms with Crippen molar-refractivity contribution in [1.29, 1.82) is 0 Å². The van der Waals surface area contributed by atoms with E-state index in [-0.39, 0.29) is 30.5 Å². The SMILES string of the molecule is CCOc1ccc(N(CCCC(=O)NC2CC(CC)(CC)Oc3ccccc32)S(C)(=O)=O)cc1. The third-order valence-corrected chi connectivity index (χ3v) is 7.62. The Hall–Kier alpha value is -2.74. The molecular formula is C26H36N2O5S. The molecule has 1 aliphatic rings. The second-order valence-electron chi connectivity index (χ2n) is 8.72. The molecule has 0 spiro atoms. The average molecular weight is 489 g/mol. The minimum absolute atomic E-state index is 0.0945. The van der Waals surface area contributed by atoms with Crippen LogP contribution in [0.15, 0.2) is 48.5 Å². The van der Waals surface area contributed by atoms with Crippen LogP contribution in [0.4, 0.5) is 5.69 Å². The summed E-state index contributed by atoms with van der Waals surface area (Å²) in [6.45, 7) is 6.87. The number of sulfonamides is 1. The van der Waals surface area contributed by atoms with Crippen LogP contribution >= 0.6 is 0 Å². The summed E-state index contributed by atoms with van der Waals surface area (Å²) in [5, 5.41) is 3.17. The van der Waals surface area contributed by atoms with Gasteiger partial charge >= 0.3 is 0 Å². The Morgan fingerprint density at radius 2 is 1.79 bits per heavy atom. The molecule has 34 heavy (non-hydrogen) atoms. The van der Waals surface area contributed by atoms with Gasteiger partial charge in [0.1, 0.15) is 17.1 Å². The second kappa shape index (κ2) is 11.1. The fraction of sp³-hybridized carbons (Fsp3) is 0.500. The van der Waals surface area contributed by atoms with Crippen molar-refractivity contribution in [3.63, 3.8) is 0 Å². The quantitative estimate of drug-likeness (QED) is 0.490. The number of para-hydroxylation sites is 1. The number of hydrogen-bond acceptors (Lipinski definition) is 5. The van der Waals surface area contributed by atoms with E-state index in [1.54, 1.807) is 24.3 Å². The van der Waals surface area contributed by atoms with Crippen LogP contribution in [-0.4, -0.2) is 39.3 Å². The van der Waals surface area contributed by atoms with Gasteiger partial charge in [0.15, 0.2) is 0 Å². The summed E-state index contributed by atoms with van der Waals surface area (Å²) in [5.74, 6) is 1.41. The molecule has 0 saturated carbocycles. The van der Waals surface area contributed by atoms with Crippen molar-refractivity contribution < 1.29 is 22.7 Å². The Balaban J connectivity index is 1.64. The molecule has 8 heteroatoms. The van der Waals surface area contributed by atoms with E-state index in [1.807, 2.05) is 31.2 Å². The molecule has 1 amide bonds. The highest BCUT2D eigenvalue weighted by Crippen LogP contribution is 2.42. The number of carbonyl (C=O) groups is 1. The highest BCUT2D eigenvalue weighted by Gasteiger charge is 2.38. The van der Waals surface area contributed by atoms with Gasteiger partial charge in [-0.3, -0.25) is 9.10 Å². The van der Waals surface area contributed by atoms with Gasteiger partial charge in [0, 0.05) is 24.9 Å². The third-order valence-electron chi connectivity index (χ3n) is 6.42. The molecule has 2 aromatic carbocycles. The molecule has 0 aromatic heterocycles. The number of nitrogens with one attached hydrogen (secondary N) is 1. The maximum Gasteiger partial charge on any atom is 0.232 e. The lowest BCUT2D eigenvalue weighted by Gasteiger charge is -2.41. The summed E-state index contributed by atoms with van der Waals surface area (Å²) in [6.07, 6.45) is 4.24. The van der Waals surface area contributed by atoms with Gasteiger partial charge in [-0.15, -0.1) is 0 Å². The van der Waals surface area contributed by atoms with Gasteiger partial charge in [0.05, 0.1) is 24.6 Å². The van der Waals surface area contributed by atoms with Crippen LogP contribution in [0.2, 0.25) is 0 Å². The fourth-order valence-electron chi connectivity index (χ4n) is 4.44. The van der Waals surface area contributed by atoms with Crippen molar-refractivity contribution >= 4 is 21.6 Å². The van der Waals surface area contributed by atoms with Gasteiger partial charge in [-0.05, 0) is 56.5 Å². The zero-order valence-corrected chi connectivity index (χ0v) is 21.4. The van der Waals surface area contributed by atoms with E-state index in [2.05, 4.69) is 19.2 Å². The Labute approximate surface area is 203 Å². The normalized spacial score (nSPS) is 16.8. The second-order valence-corrected chi connectivity index (χ2v) is 10.6. The van der Waals surface area contributed by atoms with Crippen molar-refractivity contribution in [2.45, 2.75) is 64.5 Å². The third kappa shape index (κ3) is 6.23. The van der Waals surface area contributed by atoms with Crippen molar-refractivity contribution in [3.8, 4) is 11.5 Å². The molecule has 7 nitrogen and oxygen atoms in total. The zero-order chi connectivity index (χ0) is 24.8. The van der Waals surface area contributed by atoms with Gasteiger partial charge in [-0.2, -0.15) is 0 Å². The van der Waals surface area contributed by atoms with Crippen molar-refractivity contribution in [2.24, 2.45) is 0 Å². The van der Waals surface area contributed by atoms with Crippen molar-refractivity contribution in [3.05, 3.63) is 54.1 Å². The van der Waals surface area contributed by atoms with Crippen LogP contribution < -0.4 is 19.1 Å². The predicted octanol–water partition coefficient (Wildman–Crippen LogP) is 4.83. The molecular weight excluding hydrogens is 452 g/mol. The zero-order valence-electron chi connectivity index (χ0n) is 20.5. The van der Waals surface area contributed by atoms with E-state index in [9.17, 15) is 13.2 Å². The number of hydrogen-bond donors (Lipinski definition) is 1. The number of benzene rings is 2. The number of fused-ring (bicyclic) bond motifs is 1. The summed E-state index contributed by atoms with van der Waals surface area (Å²) in [4.78, 5) is 12.9. The topological polar surface area (TPSA) is 84.9 Å². The molecule has 1 N–H and O–H groups in total. The van der Waals surface area contributed by atoms with E-state index >= 15 is 0 Å². The fourth-order valence-corrected chi connectivity index (χ4v) is 5.41. The number of anilines is 1. The Morgan fingerprint density at radius 1 is 1.12 bits per heavy atom. The van der Waals surface area contributed by atoms with Crippen molar-refractivity contribution in [1.82, 2.24) is 5.32 Å². The lowest BCUT2D eigenvalue weighted by Crippen LogP contribution is -2.44. The molecule has 0 fully saturated rings. The van der Waals surface area contributed by atoms with Crippen molar-refractivity contribution in [2.75, 3.05) is 23.7 Å². The highest BCUT2D eigenvalue weighted by molar-refractivity contribution is 7.92. The molecule has 0 bridgehead atoms. The number of ether oxygens (including phenoxy) is 2. The molecule has 1 atom stereocenters. The Kier molecular flexibility index (Phi) is 8.47. The van der Waals surface area contributed by atoms with Crippen LogP contribution in [0.25, 0.3) is 0 Å². The Bertz CT molecular complexity index is 1060. The first-order valence-electron chi connectivity index (χ1n) is 12.0. The molecule has 1 aliphatic heterocycles. The lowest BCUT2D eigenvalue weighted by atomic mass is 9.83. The number of amides is 1. The van der Waals surface area contributed by atoms with Gasteiger partial charge in [-0.1, -0.05) is 32.0 Å². The van der Waals surface area contributed by atoms with Crippen LogP contribution in [0.3, 0.4) is 0 Å². The van der Waals surface area contributed by atoms with Gasteiger partial charge in [0.2, 0.25) is 15.9 Å². The minimum atomic E-state index is -3.49. The molecule has 186 valence electrons. The average Bonchev–Trinajstić information content (AvgIpc) is 2.82. The molecule has 0 saturated heterocycles. The maximum atomic E-state index is 12.9. The largest absolute Gasteiger partial charge is 0.494 e. The molecule has 3 rings (SSSR count). The van der Waals surface area contributed by atoms with Crippen LogP contribution in [0, 0.1) is 0 Å². The lowest BCUT2D eigenvalue weighted by molar-refractivity contribution is -0.122. The summed E-state index contributed by atoms with van der Waals surface area (Å²) in [7, 11) is -3.49. The van der Waals surface area contributed by atoms with Crippen LogP contribution in [0.5, 0.6) is 11.5 Å². The smallest absolute Gasteiger partial charge is 0.232 e. The predicted molar refractivity (Wildman–Crippen MR) is 135 cm³/mol. The number of rotatable bonds is 11. The molecule has 0 aliphatic carbocycles. The van der Waals surface area contributed by atoms with E-state index < -0.39 is 10.0 Å². The first-order chi connectivity index (χ1) is 16.2. The summed E-state index contributed by atoms with van der Waals surface area (Å²) < 4.78 is 37.9. The summed E-state index contributed by atoms with van der Waals surface area (Å²) in [6, 6.07) is 14.7. The maximum absolute atomic E-state index is 12.9. The number of carbonyl (C=O) groups excluding carboxylic acids is 1. The van der Waals surface area contributed by atoms with E-state index in [4.69, 9.17) is 9.47 Å². The Morgan fingerprint density at radius 3 is 2.41 bits per heavy atom. The standard InChI is InChI=1S/C26H36N2O5S/c1-5-26(6-2)19-23(22-11-8-9-12-24(22)33-26)27-25(29)13-10-18-28(34(4,30)31)20-14-16-21(17-15-20)32-7-3/h8-9,11-12,14-17,23H,5-7,10,13,18-19H2,1-4H3,(H,27,29). The van der Waals surface area contributed by atoms with Crippen LogP contribution in [-0.2, 0) is 14.8 Å².